The summed E-state index contributed by atoms with van der Waals surface area (Å²) in [6.07, 6.45) is 2.70. The third kappa shape index (κ3) is 3.57. The van der Waals surface area contributed by atoms with Gasteiger partial charge in [0.05, 0.1) is 19.4 Å². The molecule has 2 heterocycles. The van der Waals surface area contributed by atoms with Crippen LogP contribution in [0, 0.1) is 5.92 Å². The first-order valence-electron chi connectivity index (χ1n) is 5.99. The zero-order chi connectivity index (χ0) is 12.1. The molecule has 5 nitrogen and oxygen atoms in total. The first kappa shape index (κ1) is 12.1. The maximum Gasteiger partial charge on any atom is 0.234 e. The average molecular weight is 237 g/mol. The zero-order valence-corrected chi connectivity index (χ0v) is 9.89. The predicted octanol–water partition coefficient (Wildman–Crippen LogP) is 0.176. The van der Waals surface area contributed by atoms with Crippen molar-refractivity contribution >= 4 is 5.91 Å². The molecule has 0 radical (unpaired) electrons. The van der Waals surface area contributed by atoms with Crippen LogP contribution in [0.15, 0.2) is 22.8 Å². The summed E-state index contributed by atoms with van der Waals surface area (Å²) in [4.78, 5) is 13.8. The number of furan rings is 1. The van der Waals surface area contributed by atoms with Crippen molar-refractivity contribution in [3.8, 4) is 0 Å². The molecule has 0 saturated carbocycles. The summed E-state index contributed by atoms with van der Waals surface area (Å²) in [5, 5.41) is 2.84. The third-order valence-corrected chi connectivity index (χ3v) is 3.11. The summed E-state index contributed by atoms with van der Waals surface area (Å²) >= 11 is 0. The van der Waals surface area contributed by atoms with Crippen molar-refractivity contribution in [3.05, 3.63) is 24.2 Å². The van der Waals surface area contributed by atoms with Gasteiger partial charge in [0.25, 0.3) is 0 Å². The van der Waals surface area contributed by atoms with Crippen molar-refractivity contribution in [2.24, 2.45) is 11.7 Å². The molecule has 1 fully saturated rings. The molecule has 2 rings (SSSR count). The molecule has 94 valence electrons. The van der Waals surface area contributed by atoms with E-state index in [2.05, 4.69) is 10.2 Å². The molecular formula is C12H19N3O2. The van der Waals surface area contributed by atoms with E-state index in [-0.39, 0.29) is 5.91 Å². The van der Waals surface area contributed by atoms with Gasteiger partial charge in [0.2, 0.25) is 5.91 Å². The number of amides is 1. The quantitative estimate of drug-likeness (QED) is 0.766. The van der Waals surface area contributed by atoms with E-state index in [0.29, 0.717) is 25.6 Å². The minimum absolute atomic E-state index is 0.0408. The molecule has 1 aliphatic heterocycles. The minimum atomic E-state index is 0.0408. The van der Waals surface area contributed by atoms with Gasteiger partial charge in [-0.2, -0.15) is 0 Å². The Morgan fingerprint density at radius 3 is 3.18 bits per heavy atom. The molecule has 17 heavy (non-hydrogen) atoms. The van der Waals surface area contributed by atoms with Crippen LogP contribution in [0.25, 0.3) is 0 Å². The number of nitrogens with one attached hydrogen (secondary N) is 1. The van der Waals surface area contributed by atoms with E-state index >= 15 is 0 Å². The fourth-order valence-corrected chi connectivity index (χ4v) is 2.11. The van der Waals surface area contributed by atoms with E-state index < -0.39 is 0 Å². The van der Waals surface area contributed by atoms with Gasteiger partial charge in [0.1, 0.15) is 5.76 Å². The van der Waals surface area contributed by atoms with Gasteiger partial charge in [0.15, 0.2) is 0 Å². The highest BCUT2D eigenvalue weighted by atomic mass is 16.3. The van der Waals surface area contributed by atoms with Crippen LogP contribution in [0.3, 0.4) is 0 Å². The predicted molar refractivity (Wildman–Crippen MR) is 64.2 cm³/mol. The van der Waals surface area contributed by atoms with Gasteiger partial charge in [0, 0.05) is 6.54 Å². The Hall–Kier alpha value is -1.33. The Kier molecular flexibility index (Phi) is 4.17. The molecule has 0 spiro atoms. The van der Waals surface area contributed by atoms with Crippen molar-refractivity contribution in [2.75, 3.05) is 26.2 Å². The van der Waals surface area contributed by atoms with E-state index in [0.717, 1.165) is 25.3 Å². The highest BCUT2D eigenvalue weighted by Crippen LogP contribution is 2.13. The first-order chi connectivity index (χ1) is 8.28. The molecule has 0 aromatic carbocycles. The van der Waals surface area contributed by atoms with Crippen LogP contribution >= 0.6 is 0 Å². The fourth-order valence-electron chi connectivity index (χ4n) is 2.11. The van der Waals surface area contributed by atoms with Crippen molar-refractivity contribution in [2.45, 2.75) is 13.0 Å². The smallest absolute Gasteiger partial charge is 0.234 e. The molecule has 1 unspecified atom stereocenters. The fraction of sp³-hybridized carbons (Fsp3) is 0.583. The molecular weight excluding hydrogens is 218 g/mol. The lowest BCUT2D eigenvalue weighted by Gasteiger charge is -2.14. The molecule has 1 aromatic rings. The van der Waals surface area contributed by atoms with Crippen LogP contribution in [0.5, 0.6) is 0 Å². The van der Waals surface area contributed by atoms with Crippen LogP contribution in [0.2, 0.25) is 0 Å². The first-order valence-corrected chi connectivity index (χ1v) is 5.99. The Labute approximate surface area is 101 Å². The molecule has 0 bridgehead atoms. The summed E-state index contributed by atoms with van der Waals surface area (Å²) in [6.45, 7) is 3.53. The summed E-state index contributed by atoms with van der Waals surface area (Å²) in [5.41, 5.74) is 5.61. The highest BCUT2D eigenvalue weighted by molar-refractivity contribution is 5.77. The maximum atomic E-state index is 11.7. The lowest BCUT2D eigenvalue weighted by atomic mass is 10.1. The largest absolute Gasteiger partial charge is 0.467 e. The Bertz CT molecular complexity index is 351. The third-order valence-electron chi connectivity index (χ3n) is 3.11. The number of rotatable bonds is 5. The molecule has 1 atom stereocenters. The molecule has 0 aliphatic carbocycles. The van der Waals surface area contributed by atoms with Gasteiger partial charge in [-0.25, -0.2) is 0 Å². The van der Waals surface area contributed by atoms with E-state index in [1.807, 2.05) is 12.1 Å². The summed E-state index contributed by atoms with van der Waals surface area (Å²) < 4.78 is 5.14. The second kappa shape index (κ2) is 5.84. The minimum Gasteiger partial charge on any atom is -0.467 e. The number of likely N-dealkylation sites (tertiary alicyclic amines) is 1. The number of carbonyl (C=O) groups is 1. The number of nitrogens with two attached hydrogens (primary N) is 1. The van der Waals surface area contributed by atoms with Gasteiger partial charge >= 0.3 is 0 Å². The molecule has 1 amide bonds. The molecule has 1 aromatic heterocycles. The number of carbonyl (C=O) groups excluding carboxylic acids is 1. The second-order valence-electron chi connectivity index (χ2n) is 4.48. The van der Waals surface area contributed by atoms with Gasteiger partial charge in [-0.3, -0.25) is 9.69 Å². The van der Waals surface area contributed by atoms with Crippen LogP contribution in [0.1, 0.15) is 12.2 Å². The van der Waals surface area contributed by atoms with Crippen molar-refractivity contribution in [1.29, 1.82) is 0 Å². The number of nitrogens with zero attached hydrogens (tertiary/aromatic N) is 1. The van der Waals surface area contributed by atoms with Gasteiger partial charge in [-0.15, -0.1) is 0 Å². The van der Waals surface area contributed by atoms with Crippen molar-refractivity contribution < 1.29 is 9.21 Å². The zero-order valence-electron chi connectivity index (χ0n) is 9.89. The summed E-state index contributed by atoms with van der Waals surface area (Å²) in [6, 6.07) is 3.66. The normalized spacial score (nSPS) is 20.6. The summed E-state index contributed by atoms with van der Waals surface area (Å²) in [7, 11) is 0. The van der Waals surface area contributed by atoms with Gasteiger partial charge in [-0.05, 0) is 37.6 Å². The van der Waals surface area contributed by atoms with Crippen molar-refractivity contribution in [1.82, 2.24) is 10.2 Å². The van der Waals surface area contributed by atoms with E-state index in [1.165, 1.54) is 0 Å². The second-order valence-corrected chi connectivity index (χ2v) is 4.48. The average Bonchev–Trinajstić information content (AvgIpc) is 2.97. The molecule has 5 heteroatoms. The van der Waals surface area contributed by atoms with Crippen LogP contribution < -0.4 is 11.1 Å². The Balaban J connectivity index is 1.67. The topological polar surface area (TPSA) is 71.5 Å². The SMILES string of the molecule is NCC1CCN(CC(=O)NCc2ccco2)C1. The Morgan fingerprint density at radius 1 is 1.65 bits per heavy atom. The van der Waals surface area contributed by atoms with E-state index in [9.17, 15) is 4.79 Å². The highest BCUT2D eigenvalue weighted by Gasteiger charge is 2.22. The number of hydrogen-bond acceptors (Lipinski definition) is 4. The maximum absolute atomic E-state index is 11.7. The lowest BCUT2D eigenvalue weighted by molar-refractivity contribution is -0.122. The van der Waals surface area contributed by atoms with Gasteiger partial charge < -0.3 is 15.5 Å². The van der Waals surface area contributed by atoms with E-state index in [1.54, 1.807) is 6.26 Å². The van der Waals surface area contributed by atoms with E-state index in [4.69, 9.17) is 10.2 Å². The van der Waals surface area contributed by atoms with Gasteiger partial charge in [-0.1, -0.05) is 0 Å². The lowest BCUT2D eigenvalue weighted by Crippen LogP contribution is -2.36. The van der Waals surface area contributed by atoms with Crippen LogP contribution in [-0.2, 0) is 11.3 Å². The number of hydrogen-bond donors (Lipinski definition) is 2. The van der Waals surface area contributed by atoms with Crippen LogP contribution in [0.4, 0.5) is 0 Å². The summed E-state index contributed by atoms with van der Waals surface area (Å²) in [5.74, 6) is 1.37. The molecule has 3 N–H and O–H groups in total. The van der Waals surface area contributed by atoms with Crippen LogP contribution in [-0.4, -0.2) is 37.0 Å². The molecule has 1 saturated heterocycles. The van der Waals surface area contributed by atoms with Crippen molar-refractivity contribution in [3.63, 3.8) is 0 Å². The standard InChI is InChI=1S/C12H19N3O2/c13-6-10-3-4-15(8-10)9-12(16)14-7-11-2-1-5-17-11/h1-2,5,10H,3-4,6-9,13H2,(H,14,16). The molecule has 1 aliphatic rings. The Morgan fingerprint density at radius 2 is 2.53 bits per heavy atom. The monoisotopic (exact) mass is 237 g/mol.